The topological polar surface area (TPSA) is 21.3 Å². The molecule has 0 saturated heterocycles. The molecule has 3 heteroatoms. The van der Waals surface area contributed by atoms with Gasteiger partial charge in [0.05, 0.1) is 6.10 Å². The monoisotopic (exact) mass is 281 g/mol. The Morgan fingerprint density at radius 2 is 2.26 bits per heavy atom. The summed E-state index contributed by atoms with van der Waals surface area (Å²) in [6.07, 6.45) is 6.79. The van der Waals surface area contributed by atoms with Crippen LogP contribution >= 0.6 is 11.3 Å². The molecule has 1 aromatic rings. The zero-order valence-corrected chi connectivity index (χ0v) is 13.0. The molecular weight excluding hydrogens is 254 g/mol. The van der Waals surface area contributed by atoms with Gasteiger partial charge < -0.3 is 10.1 Å². The van der Waals surface area contributed by atoms with Gasteiger partial charge in [0.2, 0.25) is 0 Å². The maximum Gasteiger partial charge on any atom is 0.0580 e. The third kappa shape index (κ3) is 4.90. The Morgan fingerprint density at radius 3 is 2.89 bits per heavy atom. The Morgan fingerprint density at radius 1 is 1.42 bits per heavy atom. The van der Waals surface area contributed by atoms with Gasteiger partial charge in [-0.05, 0) is 62.9 Å². The van der Waals surface area contributed by atoms with E-state index >= 15 is 0 Å². The van der Waals surface area contributed by atoms with Gasteiger partial charge in [-0.15, -0.1) is 11.3 Å². The van der Waals surface area contributed by atoms with Crippen LogP contribution in [0.3, 0.4) is 0 Å². The Labute approximate surface area is 121 Å². The van der Waals surface area contributed by atoms with Crippen LogP contribution in [-0.2, 0) is 11.2 Å². The van der Waals surface area contributed by atoms with Crippen molar-refractivity contribution >= 4 is 11.3 Å². The molecule has 0 bridgehead atoms. The molecule has 1 heterocycles. The van der Waals surface area contributed by atoms with Gasteiger partial charge in [0, 0.05) is 17.5 Å². The standard InChI is InChI=1S/C16H27NOS/c1-3-7-17-14(12-16-6-5-8-19-16)9-13-10-15(11-13)18-4-2/h5-6,8,13-15,17H,3-4,7,9-12H2,1-2H3. The summed E-state index contributed by atoms with van der Waals surface area (Å²) >= 11 is 1.88. The maximum absolute atomic E-state index is 5.66. The zero-order chi connectivity index (χ0) is 13.5. The summed E-state index contributed by atoms with van der Waals surface area (Å²) in [6.45, 7) is 6.33. The molecule has 0 amide bonds. The third-order valence-electron chi connectivity index (χ3n) is 3.92. The van der Waals surface area contributed by atoms with E-state index < -0.39 is 0 Å². The van der Waals surface area contributed by atoms with Gasteiger partial charge in [-0.25, -0.2) is 0 Å². The van der Waals surface area contributed by atoms with E-state index in [9.17, 15) is 0 Å². The van der Waals surface area contributed by atoms with E-state index in [-0.39, 0.29) is 0 Å². The van der Waals surface area contributed by atoms with Crippen molar-refractivity contribution in [2.75, 3.05) is 13.2 Å². The zero-order valence-electron chi connectivity index (χ0n) is 12.2. The number of ether oxygens (including phenoxy) is 1. The van der Waals surface area contributed by atoms with E-state index in [1.165, 1.54) is 37.0 Å². The number of hydrogen-bond acceptors (Lipinski definition) is 3. The van der Waals surface area contributed by atoms with Crippen LogP contribution in [0.5, 0.6) is 0 Å². The van der Waals surface area contributed by atoms with E-state index in [0.717, 1.165) is 19.1 Å². The second-order valence-electron chi connectivity index (χ2n) is 5.59. The van der Waals surface area contributed by atoms with E-state index in [4.69, 9.17) is 4.74 Å². The van der Waals surface area contributed by atoms with Crippen molar-refractivity contribution in [2.24, 2.45) is 5.92 Å². The van der Waals surface area contributed by atoms with E-state index in [2.05, 4.69) is 36.7 Å². The molecule has 1 unspecified atom stereocenters. The quantitative estimate of drug-likeness (QED) is 0.742. The molecule has 1 aliphatic rings. The van der Waals surface area contributed by atoms with Crippen LogP contribution in [-0.4, -0.2) is 25.3 Å². The van der Waals surface area contributed by atoms with Gasteiger partial charge in [-0.3, -0.25) is 0 Å². The summed E-state index contributed by atoms with van der Waals surface area (Å²) in [4.78, 5) is 1.51. The average molecular weight is 281 g/mol. The summed E-state index contributed by atoms with van der Waals surface area (Å²) in [5.74, 6) is 0.867. The largest absolute Gasteiger partial charge is 0.378 e. The fraction of sp³-hybridized carbons (Fsp3) is 0.750. The van der Waals surface area contributed by atoms with Crippen molar-refractivity contribution in [2.45, 2.75) is 58.1 Å². The summed E-state index contributed by atoms with van der Waals surface area (Å²) in [5, 5.41) is 5.90. The molecule has 1 fully saturated rings. The molecule has 0 aromatic carbocycles. The minimum absolute atomic E-state index is 0.545. The second kappa shape index (κ2) is 8.03. The fourth-order valence-corrected chi connectivity index (χ4v) is 3.69. The molecule has 2 rings (SSSR count). The number of hydrogen-bond donors (Lipinski definition) is 1. The lowest BCUT2D eigenvalue weighted by Gasteiger charge is -2.37. The SMILES string of the molecule is CCCNC(Cc1cccs1)CC1CC(OCC)C1. The molecule has 2 nitrogen and oxygen atoms in total. The van der Waals surface area contributed by atoms with Crippen LogP contribution in [0.4, 0.5) is 0 Å². The Balaban J connectivity index is 1.74. The van der Waals surface area contributed by atoms with E-state index in [0.29, 0.717) is 12.1 Å². The molecule has 1 aromatic heterocycles. The highest BCUT2D eigenvalue weighted by atomic mass is 32.1. The van der Waals surface area contributed by atoms with Gasteiger partial charge in [-0.1, -0.05) is 13.0 Å². The van der Waals surface area contributed by atoms with Gasteiger partial charge >= 0.3 is 0 Å². The van der Waals surface area contributed by atoms with Crippen molar-refractivity contribution in [3.63, 3.8) is 0 Å². The van der Waals surface area contributed by atoms with Crippen molar-refractivity contribution in [1.82, 2.24) is 5.32 Å². The van der Waals surface area contributed by atoms with Crippen LogP contribution in [0.25, 0.3) is 0 Å². The number of rotatable bonds is 9. The maximum atomic E-state index is 5.66. The average Bonchev–Trinajstić information content (AvgIpc) is 2.86. The van der Waals surface area contributed by atoms with Crippen molar-refractivity contribution in [3.8, 4) is 0 Å². The van der Waals surface area contributed by atoms with Gasteiger partial charge in [0.1, 0.15) is 0 Å². The smallest absolute Gasteiger partial charge is 0.0580 e. The number of nitrogens with one attached hydrogen (secondary N) is 1. The first-order chi connectivity index (χ1) is 9.31. The summed E-state index contributed by atoms with van der Waals surface area (Å²) in [7, 11) is 0. The summed E-state index contributed by atoms with van der Waals surface area (Å²) < 4.78 is 5.66. The van der Waals surface area contributed by atoms with Crippen molar-refractivity contribution < 1.29 is 4.74 Å². The van der Waals surface area contributed by atoms with Crippen LogP contribution in [0.2, 0.25) is 0 Å². The summed E-state index contributed by atoms with van der Waals surface area (Å²) in [6, 6.07) is 5.06. The van der Waals surface area contributed by atoms with E-state index in [1.54, 1.807) is 0 Å². The van der Waals surface area contributed by atoms with Crippen molar-refractivity contribution in [3.05, 3.63) is 22.4 Å². The minimum atomic E-state index is 0.545. The van der Waals surface area contributed by atoms with Gasteiger partial charge in [-0.2, -0.15) is 0 Å². The first-order valence-electron chi connectivity index (χ1n) is 7.69. The molecular formula is C16H27NOS. The molecule has 1 atom stereocenters. The number of thiophene rings is 1. The Hall–Kier alpha value is -0.380. The highest BCUT2D eigenvalue weighted by molar-refractivity contribution is 7.09. The lowest BCUT2D eigenvalue weighted by atomic mass is 9.77. The van der Waals surface area contributed by atoms with Crippen LogP contribution < -0.4 is 5.32 Å². The molecule has 1 N–H and O–H groups in total. The highest BCUT2D eigenvalue weighted by Gasteiger charge is 2.31. The minimum Gasteiger partial charge on any atom is -0.378 e. The van der Waals surface area contributed by atoms with Crippen molar-refractivity contribution in [1.29, 1.82) is 0 Å². The van der Waals surface area contributed by atoms with Gasteiger partial charge in [0.25, 0.3) is 0 Å². The first-order valence-corrected chi connectivity index (χ1v) is 8.57. The first kappa shape index (κ1) is 15.0. The molecule has 108 valence electrons. The highest BCUT2D eigenvalue weighted by Crippen LogP contribution is 2.34. The molecule has 0 radical (unpaired) electrons. The lowest BCUT2D eigenvalue weighted by molar-refractivity contribution is -0.0289. The molecule has 19 heavy (non-hydrogen) atoms. The molecule has 1 aliphatic carbocycles. The Bertz CT molecular complexity index is 333. The van der Waals surface area contributed by atoms with Gasteiger partial charge in [0.15, 0.2) is 0 Å². The molecule has 1 saturated carbocycles. The van der Waals surface area contributed by atoms with Crippen LogP contribution in [0.15, 0.2) is 17.5 Å². The summed E-state index contributed by atoms with van der Waals surface area (Å²) in [5.41, 5.74) is 0. The van der Waals surface area contributed by atoms with E-state index in [1.807, 2.05) is 11.3 Å². The lowest BCUT2D eigenvalue weighted by Crippen LogP contribution is -2.39. The predicted molar refractivity (Wildman–Crippen MR) is 82.9 cm³/mol. The fourth-order valence-electron chi connectivity index (χ4n) is 2.90. The second-order valence-corrected chi connectivity index (χ2v) is 6.62. The Kier molecular flexibility index (Phi) is 6.35. The molecule has 0 spiro atoms. The van der Waals surface area contributed by atoms with Crippen LogP contribution in [0, 0.1) is 5.92 Å². The van der Waals surface area contributed by atoms with Crippen LogP contribution in [0.1, 0.15) is 44.4 Å². The molecule has 0 aliphatic heterocycles. The normalized spacial score (nSPS) is 24.1. The third-order valence-corrected chi connectivity index (χ3v) is 4.82. The predicted octanol–water partition coefficient (Wildman–Crippen LogP) is 3.86.